The Balaban J connectivity index is 1.89. The molecule has 0 saturated carbocycles. The minimum Gasteiger partial charge on any atom is -0.372 e. The van der Waals surface area contributed by atoms with Gasteiger partial charge in [-0.25, -0.2) is 0 Å². The van der Waals surface area contributed by atoms with Crippen molar-refractivity contribution in [3.63, 3.8) is 0 Å². The van der Waals surface area contributed by atoms with Crippen molar-refractivity contribution in [3.8, 4) is 0 Å². The van der Waals surface area contributed by atoms with Crippen LogP contribution in [0.1, 0.15) is 10.5 Å². The smallest absolute Gasteiger partial charge is 0.276 e. The molecule has 0 radical (unpaired) electrons. The van der Waals surface area contributed by atoms with E-state index in [0.717, 1.165) is 10.8 Å². The average Bonchev–Trinajstić information content (AvgIpc) is 2.55. The second-order valence-corrected chi connectivity index (χ2v) is 4.41. The summed E-state index contributed by atoms with van der Waals surface area (Å²) >= 11 is 0. The predicted molar refractivity (Wildman–Crippen MR) is 81.3 cm³/mol. The number of hydrogen-bond acceptors (Lipinski definition) is 5. The molecule has 2 heterocycles. The highest BCUT2D eigenvalue weighted by molar-refractivity contribution is 6.08. The lowest BCUT2D eigenvalue weighted by Gasteiger charge is -2.08. The maximum Gasteiger partial charge on any atom is 0.276 e. The molecule has 0 aliphatic heterocycles. The summed E-state index contributed by atoms with van der Waals surface area (Å²) in [6.07, 6.45) is 3.44. The van der Waals surface area contributed by atoms with Gasteiger partial charge in [-0.05, 0) is 29.7 Å². The number of fused-ring (bicyclic) bond motifs is 1. The van der Waals surface area contributed by atoms with Gasteiger partial charge < -0.3 is 10.6 Å². The molecule has 1 amide bonds. The fraction of sp³-hybridized carbons (Fsp3) is 0.0667. The standard InChI is InChI=1S/C15H13N5O/c1-16-14-6-5-13(19-20-14)15(21)18-12-4-2-3-10-7-8-17-9-11(10)12/h2-9H,1H3,(H,16,20)(H,18,21). The van der Waals surface area contributed by atoms with Crippen molar-refractivity contribution < 1.29 is 4.79 Å². The molecule has 3 aromatic rings. The van der Waals surface area contributed by atoms with E-state index < -0.39 is 0 Å². The van der Waals surface area contributed by atoms with Crippen LogP contribution in [0, 0.1) is 0 Å². The molecule has 2 N–H and O–H groups in total. The van der Waals surface area contributed by atoms with Crippen molar-refractivity contribution in [1.29, 1.82) is 0 Å². The molecule has 0 spiro atoms. The third-order valence-corrected chi connectivity index (χ3v) is 3.09. The quantitative estimate of drug-likeness (QED) is 0.769. The van der Waals surface area contributed by atoms with E-state index in [2.05, 4.69) is 25.8 Å². The Morgan fingerprint density at radius 1 is 1.10 bits per heavy atom. The number of nitrogens with zero attached hydrogens (tertiary/aromatic N) is 3. The van der Waals surface area contributed by atoms with Gasteiger partial charge in [0.15, 0.2) is 5.69 Å². The molecular weight excluding hydrogens is 266 g/mol. The number of pyridine rings is 1. The van der Waals surface area contributed by atoms with Crippen molar-refractivity contribution in [1.82, 2.24) is 15.2 Å². The molecule has 3 rings (SSSR count). The van der Waals surface area contributed by atoms with E-state index in [1.807, 2.05) is 24.3 Å². The average molecular weight is 279 g/mol. The molecule has 6 nitrogen and oxygen atoms in total. The van der Waals surface area contributed by atoms with Crippen molar-refractivity contribution in [2.75, 3.05) is 17.7 Å². The van der Waals surface area contributed by atoms with Crippen LogP contribution in [0.15, 0.2) is 48.8 Å². The van der Waals surface area contributed by atoms with Gasteiger partial charge in [0.1, 0.15) is 5.82 Å². The summed E-state index contributed by atoms with van der Waals surface area (Å²) in [5.41, 5.74) is 0.958. The summed E-state index contributed by atoms with van der Waals surface area (Å²) in [5.74, 6) is 0.308. The molecule has 0 unspecified atom stereocenters. The summed E-state index contributed by atoms with van der Waals surface area (Å²) in [4.78, 5) is 16.3. The Labute approximate surface area is 121 Å². The molecule has 0 saturated heterocycles. The summed E-state index contributed by atoms with van der Waals surface area (Å²) in [6, 6.07) is 10.9. The molecule has 2 aromatic heterocycles. The molecule has 0 fully saturated rings. The van der Waals surface area contributed by atoms with Crippen LogP contribution in [-0.4, -0.2) is 28.1 Å². The van der Waals surface area contributed by atoms with Crippen LogP contribution in [0.4, 0.5) is 11.5 Å². The van der Waals surface area contributed by atoms with Crippen LogP contribution in [0.25, 0.3) is 10.8 Å². The van der Waals surface area contributed by atoms with E-state index in [4.69, 9.17) is 0 Å². The first-order chi connectivity index (χ1) is 10.3. The number of benzene rings is 1. The maximum atomic E-state index is 12.2. The largest absolute Gasteiger partial charge is 0.372 e. The fourth-order valence-electron chi connectivity index (χ4n) is 2.00. The molecular formula is C15H13N5O. The van der Waals surface area contributed by atoms with E-state index >= 15 is 0 Å². The number of anilines is 2. The van der Waals surface area contributed by atoms with E-state index in [-0.39, 0.29) is 11.6 Å². The predicted octanol–water partition coefficient (Wildman–Crippen LogP) is 2.32. The zero-order chi connectivity index (χ0) is 14.7. The van der Waals surface area contributed by atoms with Crippen molar-refractivity contribution in [3.05, 3.63) is 54.5 Å². The van der Waals surface area contributed by atoms with Crippen LogP contribution in [-0.2, 0) is 0 Å². The Morgan fingerprint density at radius 2 is 2.00 bits per heavy atom. The van der Waals surface area contributed by atoms with E-state index in [1.54, 1.807) is 31.6 Å². The Morgan fingerprint density at radius 3 is 2.76 bits per heavy atom. The first kappa shape index (κ1) is 13.0. The third-order valence-electron chi connectivity index (χ3n) is 3.09. The first-order valence-corrected chi connectivity index (χ1v) is 6.43. The molecule has 0 aliphatic rings. The molecule has 6 heteroatoms. The number of hydrogen-bond donors (Lipinski definition) is 2. The highest BCUT2D eigenvalue weighted by Gasteiger charge is 2.10. The highest BCUT2D eigenvalue weighted by atomic mass is 16.1. The monoisotopic (exact) mass is 279 g/mol. The van der Waals surface area contributed by atoms with E-state index in [1.165, 1.54) is 0 Å². The third kappa shape index (κ3) is 2.64. The van der Waals surface area contributed by atoms with Gasteiger partial charge in [-0.15, -0.1) is 10.2 Å². The summed E-state index contributed by atoms with van der Waals surface area (Å²) in [6.45, 7) is 0. The minimum absolute atomic E-state index is 0.259. The molecule has 21 heavy (non-hydrogen) atoms. The van der Waals surface area contributed by atoms with E-state index in [0.29, 0.717) is 11.5 Å². The van der Waals surface area contributed by atoms with Crippen LogP contribution in [0.3, 0.4) is 0 Å². The van der Waals surface area contributed by atoms with Crippen LogP contribution >= 0.6 is 0 Å². The van der Waals surface area contributed by atoms with Gasteiger partial charge in [0.25, 0.3) is 5.91 Å². The summed E-state index contributed by atoms with van der Waals surface area (Å²) in [5, 5.41) is 15.4. The zero-order valence-electron chi connectivity index (χ0n) is 11.4. The van der Waals surface area contributed by atoms with Gasteiger partial charge in [0, 0.05) is 24.8 Å². The normalized spacial score (nSPS) is 10.3. The molecule has 0 atom stereocenters. The van der Waals surface area contributed by atoms with Gasteiger partial charge in [0.05, 0.1) is 5.69 Å². The lowest BCUT2D eigenvalue weighted by Crippen LogP contribution is -2.14. The lowest BCUT2D eigenvalue weighted by molar-refractivity contribution is 0.102. The summed E-state index contributed by atoms with van der Waals surface area (Å²) < 4.78 is 0. The number of nitrogens with one attached hydrogen (secondary N) is 2. The van der Waals surface area contributed by atoms with Gasteiger partial charge in [-0.3, -0.25) is 9.78 Å². The molecule has 0 aliphatic carbocycles. The molecule has 1 aromatic carbocycles. The number of carbonyl (C=O) groups excluding carboxylic acids is 1. The lowest BCUT2D eigenvalue weighted by atomic mass is 10.1. The topological polar surface area (TPSA) is 79.8 Å². The SMILES string of the molecule is CNc1ccc(C(=O)Nc2cccc3ccncc23)nn1. The summed E-state index contributed by atoms with van der Waals surface area (Å²) in [7, 11) is 1.74. The number of amides is 1. The van der Waals surface area contributed by atoms with E-state index in [9.17, 15) is 4.79 Å². The Hall–Kier alpha value is -3.02. The van der Waals surface area contributed by atoms with Crippen LogP contribution < -0.4 is 10.6 Å². The Kier molecular flexibility index (Phi) is 3.42. The van der Waals surface area contributed by atoms with Gasteiger partial charge >= 0.3 is 0 Å². The van der Waals surface area contributed by atoms with Gasteiger partial charge in [-0.1, -0.05) is 12.1 Å². The zero-order valence-corrected chi connectivity index (χ0v) is 11.4. The molecule has 104 valence electrons. The molecule has 0 bridgehead atoms. The fourth-order valence-corrected chi connectivity index (χ4v) is 2.00. The van der Waals surface area contributed by atoms with Crippen molar-refractivity contribution in [2.24, 2.45) is 0 Å². The van der Waals surface area contributed by atoms with Crippen LogP contribution in [0.5, 0.6) is 0 Å². The first-order valence-electron chi connectivity index (χ1n) is 6.43. The number of aromatic nitrogens is 3. The maximum absolute atomic E-state index is 12.2. The van der Waals surface area contributed by atoms with Crippen molar-refractivity contribution in [2.45, 2.75) is 0 Å². The van der Waals surface area contributed by atoms with Gasteiger partial charge in [0.2, 0.25) is 0 Å². The van der Waals surface area contributed by atoms with Crippen LogP contribution in [0.2, 0.25) is 0 Å². The second kappa shape index (κ2) is 5.54. The van der Waals surface area contributed by atoms with Gasteiger partial charge in [-0.2, -0.15) is 0 Å². The minimum atomic E-state index is -0.304. The highest BCUT2D eigenvalue weighted by Crippen LogP contribution is 2.22. The number of rotatable bonds is 3. The number of carbonyl (C=O) groups is 1. The second-order valence-electron chi connectivity index (χ2n) is 4.41. The Bertz CT molecular complexity index is 780. The van der Waals surface area contributed by atoms with Crippen molar-refractivity contribution >= 4 is 28.2 Å².